The number of carbonyl (C=O) groups is 1. The molecule has 1 fully saturated rings. The highest BCUT2D eigenvalue weighted by molar-refractivity contribution is 5.96. The molecule has 1 aromatic carbocycles. The van der Waals surface area contributed by atoms with Gasteiger partial charge in [0.25, 0.3) is 0 Å². The van der Waals surface area contributed by atoms with Crippen molar-refractivity contribution in [2.24, 2.45) is 0 Å². The van der Waals surface area contributed by atoms with Gasteiger partial charge in [0.1, 0.15) is 0 Å². The number of hydrogen-bond acceptors (Lipinski definition) is 2. The molecule has 3 heteroatoms. The quantitative estimate of drug-likeness (QED) is 0.911. The van der Waals surface area contributed by atoms with Gasteiger partial charge in [0, 0.05) is 11.7 Å². The van der Waals surface area contributed by atoms with Gasteiger partial charge in [-0.05, 0) is 64.1 Å². The summed E-state index contributed by atoms with van der Waals surface area (Å²) in [6.45, 7) is 9.54. The number of anilines is 1. The van der Waals surface area contributed by atoms with Crippen molar-refractivity contribution in [3.63, 3.8) is 0 Å². The lowest BCUT2D eigenvalue weighted by molar-refractivity contribution is -0.123. The molecule has 1 aliphatic heterocycles. The van der Waals surface area contributed by atoms with Crippen LogP contribution in [0.5, 0.6) is 0 Å². The topological polar surface area (TPSA) is 32.3 Å². The molecule has 2 rings (SSSR count). The average Bonchev–Trinajstić information content (AvgIpc) is 2.45. The van der Waals surface area contributed by atoms with Gasteiger partial charge in [-0.1, -0.05) is 25.1 Å². The van der Waals surface area contributed by atoms with E-state index in [-0.39, 0.29) is 11.9 Å². The van der Waals surface area contributed by atoms with E-state index in [4.69, 9.17) is 0 Å². The molecule has 1 aromatic rings. The summed E-state index contributed by atoms with van der Waals surface area (Å²) in [7, 11) is 0. The van der Waals surface area contributed by atoms with Gasteiger partial charge in [0.15, 0.2) is 0 Å². The molecule has 21 heavy (non-hydrogen) atoms. The molecule has 2 atom stereocenters. The summed E-state index contributed by atoms with van der Waals surface area (Å²) in [5, 5.41) is 3.18. The fraction of sp³-hybridized carbons (Fsp3) is 0.611. The lowest BCUT2D eigenvalue weighted by Crippen LogP contribution is -2.51. The van der Waals surface area contributed by atoms with E-state index in [2.05, 4.69) is 50.0 Å². The minimum atomic E-state index is 0.0210. The second-order valence-corrected chi connectivity index (χ2v) is 6.29. The molecule has 3 nitrogen and oxygen atoms in total. The molecule has 0 unspecified atom stereocenters. The minimum absolute atomic E-state index is 0.0210. The Morgan fingerprint density at radius 2 is 1.95 bits per heavy atom. The fourth-order valence-electron chi connectivity index (χ4n) is 3.38. The number of nitrogens with one attached hydrogen (secondary N) is 1. The molecule has 1 heterocycles. The first-order chi connectivity index (χ1) is 10.0. The molecular formula is C18H28N2O. The third-order valence-electron chi connectivity index (χ3n) is 4.58. The zero-order chi connectivity index (χ0) is 15.4. The molecule has 0 aromatic heterocycles. The van der Waals surface area contributed by atoms with Crippen LogP contribution < -0.4 is 5.32 Å². The standard InChI is InChI=1S/C18H28N2O/c1-5-12-20-15(4)10-7-11-16(20)18(21)19-17-13(2)8-6-9-14(17)3/h6,8-9,15-16H,5,7,10-12H2,1-4H3,(H,19,21)/t15-,16-/m1/s1. The summed E-state index contributed by atoms with van der Waals surface area (Å²) in [5.74, 6) is 0.160. The van der Waals surface area contributed by atoms with E-state index in [9.17, 15) is 4.79 Å². The predicted molar refractivity (Wildman–Crippen MR) is 88.6 cm³/mol. The smallest absolute Gasteiger partial charge is 0.241 e. The van der Waals surface area contributed by atoms with Crippen molar-refractivity contribution >= 4 is 11.6 Å². The maximum Gasteiger partial charge on any atom is 0.241 e. The van der Waals surface area contributed by atoms with Crippen molar-refractivity contribution in [3.8, 4) is 0 Å². The molecule has 0 aliphatic carbocycles. The van der Waals surface area contributed by atoms with E-state index >= 15 is 0 Å². The molecule has 116 valence electrons. The van der Waals surface area contributed by atoms with Gasteiger partial charge >= 0.3 is 0 Å². The lowest BCUT2D eigenvalue weighted by Gasteiger charge is -2.39. The molecule has 1 N–H and O–H groups in total. The Balaban J connectivity index is 2.14. The van der Waals surface area contributed by atoms with E-state index < -0.39 is 0 Å². The van der Waals surface area contributed by atoms with Gasteiger partial charge in [-0.3, -0.25) is 9.69 Å². The number of rotatable bonds is 4. The van der Waals surface area contributed by atoms with Crippen LogP contribution >= 0.6 is 0 Å². The third kappa shape index (κ3) is 3.65. The van der Waals surface area contributed by atoms with E-state index in [1.165, 1.54) is 6.42 Å². The molecule has 0 saturated carbocycles. The van der Waals surface area contributed by atoms with E-state index in [1.54, 1.807) is 0 Å². The van der Waals surface area contributed by atoms with Gasteiger partial charge in [0.2, 0.25) is 5.91 Å². The Morgan fingerprint density at radius 1 is 1.29 bits per heavy atom. The predicted octanol–water partition coefficient (Wildman–Crippen LogP) is 3.89. The van der Waals surface area contributed by atoms with Crippen LogP contribution in [-0.2, 0) is 4.79 Å². The van der Waals surface area contributed by atoms with Crippen LogP contribution in [0.25, 0.3) is 0 Å². The van der Waals surface area contributed by atoms with E-state index in [0.29, 0.717) is 6.04 Å². The second kappa shape index (κ2) is 7.08. The van der Waals surface area contributed by atoms with Crippen LogP contribution in [-0.4, -0.2) is 29.4 Å². The molecule has 1 saturated heterocycles. The monoisotopic (exact) mass is 288 g/mol. The molecule has 1 aliphatic rings. The minimum Gasteiger partial charge on any atom is -0.324 e. The number of benzene rings is 1. The summed E-state index contributed by atoms with van der Waals surface area (Å²) in [6.07, 6.45) is 4.41. The average molecular weight is 288 g/mol. The van der Waals surface area contributed by atoms with Crippen molar-refractivity contribution in [1.82, 2.24) is 4.90 Å². The largest absolute Gasteiger partial charge is 0.324 e. The maximum absolute atomic E-state index is 12.7. The first kappa shape index (κ1) is 16.0. The van der Waals surface area contributed by atoms with Crippen molar-refractivity contribution in [3.05, 3.63) is 29.3 Å². The van der Waals surface area contributed by atoms with Crippen LogP contribution in [0.4, 0.5) is 5.69 Å². The summed E-state index contributed by atoms with van der Waals surface area (Å²) in [5.41, 5.74) is 3.25. The normalized spacial score (nSPS) is 23.0. The van der Waals surface area contributed by atoms with Crippen LogP contribution in [0.3, 0.4) is 0 Å². The van der Waals surface area contributed by atoms with E-state index in [0.717, 1.165) is 42.6 Å². The van der Waals surface area contributed by atoms with Crippen molar-refractivity contribution in [2.45, 2.75) is 65.5 Å². The van der Waals surface area contributed by atoms with Crippen LogP contribution in [0.1, 0.15) is 50.7 Å². The summed E-state index contributed by atoms with van der Waals surface area (Å²) in [4.78, 5) is 15.1. The van der Waals surface area contributed by atoms with Gasteiger partial charge in [-0.15, -0.1) is 0 Å². The number of nitrogens with zero attached hydrogens (tertiary/aromatic N) is 1. The highest BCUT2D eigenvalue weighted by Gasteiger charge is 2.32. The summed E-state index contributed by atoms with van der Waals surface area (Å²) >= 11 is 0. The molecule has 1 amide bonds. The summed E-state index contributed by atoms with van der Waals surface area (Å²) < 4.78 is 0. The fourth-order valence-corrected chi connectivity index (χ4v) is 3.38. The van der Waals surface area contributed by atoms with Gasteiger partial charge in [-0.25, -0.2) is 0 Å². The third-order valence-corrected chi connectivity index (χ3v) is 4.58. The zero-order valence-electron chi connectivity index (χ0n) is 13.8. The van der Waals surface area contributed by atoms with Crippen LogP contribution in [0.2, 0.25) is 0 Å². The van der Waals surface area contributed by atoms with Crippen LogP contribution in [0.15, 0.2) is 18.2 Å². The van der Waals surface area contributed by atoms with Gasteiger partial charge in [-0.2, -0.15) is 0 Å². The number of amides is 1. The number of piperidine rings is 1. The highest BCUT2D eigenvalue weighted by atomic mass is 16.2. The van der Waals surface area contributed by atoms with Crippen molar-refractivity contribution < 1.29 is 4.79 Å². The molecule has 0 radical (unpaired) electrons. The van der Waals surface area contributed by atoms with Crippen molar-refractivity contribution in [2.75, 3.05) is 11.9 Å². The Hall–Kier alpha value is -1.35. The highest BCUT2D eigenvalue weighted by Crippen LogP contribution is 2.26. The zero-order valence-corrected chi connectivity index (χ0v) is 13.8. The number of likely N-dealkylation sites (tertiary alicyclic amines) is 1. The maximum atomic E-state index is 12.7. The van der Waals surface area contributed by atoms with Crippen LogP contribution in [0, 0.1) is 13.8 Å². The number of aryl methyl sites for hydroxylation is 2. The Labute approximate surface area is 128 Å². The Kier molecular flexibility index (Phi) is 5.40. The Bertz CT molecular complexity index is 478. The molecule has 0 bridgehead atoms. The second-order valence-electron chi connectivity index (χ2n) is 6.29. The summed E-state index contributed by atoms with van der Waals surface area (Å²) in [6, 6.07) is 6.67. The van der Waals surface area contributed by atoms with Gasteiger partial charge < -0.3 is 5.32 Å². The number of carbonyl (C=O) groups excluding carboxylic acids is 1. The van der Waals surface area contributed by atoms with Gasteiger partial charge in [0.05, 0.1) is 6.04 Å². The molecule has 0 spiro atoms. The van der Waals surface area contributed by atoms with E-state index in [1.807, 2.05) is 6.07 Å². The first-order valence-corrected chi connectivity index (χ1v) is 8.17. The van der Waals surface area contributed by atoms with Crippen molar-refractivity contribution in [1.29, 1.82) is 0 Å². The number of hydrogen-bond donors (Lipinski definition) is 1. The number of para-hydroxylation sites is 1. The SMILES string of the molecule is CCCN1[C@H](C)CCC[C@@H]1C(=O)Nc1c(C)cccc1C. The Morgan fingerprint density at radius 3 is 2.57 bits per heavy atom. The molecular weight excluding hydrogens is 260 g/mol. The lowest BCUT2D eigenvalue weighted by atomic mass is 9.95. The first-order valence-electron chi connectivity index (χ1n) is 8.17.